The molecule has 0 atom stereocenters. The van der Waals surface area contributed by atoms with Crippen molar-refractivity contribution >= 4 is 32.4 Å². The summed E-state index contributed by atoms with van der Waals surface area (Å²) in [5.74, 6) is -0.292. The standard InChI is InChI=1S/C28H32FN5OS/c29-23-15-19(17-31-21-7-8-21)5-9-22(23)24-18-34-25-10-6-20(16-26(25)36-28(34)32-24)27(35)30-11-4-14-33-12-2-1-3-13-33/h5-6,9-10,15-16,18,21,31H,1-4,7-8,11-14,17H2,(H,30,35). The summed E-state index contributed by atoms with van der Waals surface area (Å²) in [6.07, 6.45) is 9.20. The van der Waals surface area contributed by atoms with Crippen molar-refractivity contribution in [3.8, 4) is 11.3 Å². The van der Waals surface area contributed by atoms with E-state index in [-0.39, 0.29) is 11.7 Å². The zero-order chi connectivity index (χ0) is 24.5. The Morgan fingerprint density at radius 2 is 1.97 bits per heavy atom. The second kappa shape index (κ2) is 10.3. The number of fused-ring (bicyclic) bond motifs is 3. The summed E-state index contributed by atoms with van der Waals surface area (Å²) in [4.78, 5) is 20.7. The second-order valence-electron chi connectivity index (χ2n) is 10.0. The van der Waals surface area contributed by atoms with Crippen LogP contribution in [0, 0.1) is 5.82 Å². The molecule has 2 N–H and O–H groups in total. The molecule has 0 unspecified atom stereocenters. The largest absolute Gasteiger partial charge is 0.352 e. The molecule has 3 heterocycles. The van der Waals surface area contributed by atoms with Crippen molar-refractivity contribution < 1.29 is 9.18 Å². The van der Waals surface area contributed by atoms with Crippen molar-refractivity contribution in [2.24, 2.45) is 0 Å². The van der Waals surface area contributed by atoms with Crippen molar-refractivity contribution in [1.82, 2.24) is 24.9 Å². The molecule has 2 aliphatic rings. The van der Waals surface area contributed by atoms with Crippen LogP contribution < -0.4 is 10.6 Å². The highest BCUT2D eigenvalue weighted by molar-refractivity contribution is 7.23. The van der Waals surface area contributed by atoms with Gasteiger partial charge in [-0.3, -0.25) is 9.20 Å². The first-order chi connectivity index (χ1) is 17.6. The van der Waals surface area contributed by atoms with Crippen LogP contribution in [0.3, 0.4) is 0 Å². The molecular weight excluding hydrogens is 473 g/mol. The van der Waals surface area contributed by atoms with E-state index in [9.17, 15) is 9.18 Å². The van der Waals surface area contributed by atoms with Crippen LogP contribution in [-0.2, 0) is 6.54 Å². The molecule has 1 aliphatic heterocycles. The third kappa shape index (κ3) is 5.16. The fourth-order valence-corrected chi connectivity index (χ4v) is 6.03. The van der Waals surface area contributed by atoms with Crippen molar-refractivity contribution in [2.75, 3.05) is 26.2 Å². The predicted molar refractivity (Wildman–Crippen MR) is 143 cm³/mol. The van der Waals surface area contributed by atoms with Crippen molar-refractivity contribution in [3.05, 3.63) is 59.5 Å². The van der Waals surface area contributed by atoms with Gasteiger partial charge in [0.05, 0.1) is 15.9 Å². The topological polar surface area (TPSA) is 61.7 Å². The average molecular weight is 506 g/mol. The normalized spacial score (nSPS) is 16.7. The van der Waals surface area contributed by atoms with E-state index >= 15 is 0 Å². The van der Waals surface area contributed by atoms with Crippen molar-refractivity contribution in [1.29, 1.82) is 0 Å². The number of likely N-dealkylation sites (tertiary alicyclic amines) is 1. The summed E-state index contributed by atoms with van der Waals surface area (Å²) < 4.78 is 17.9. The van der Waals surface area contributed by atoms with E-state index in [1.54, 1.807) is 6.07 Å². The maximum atomic E-state index is 14.9. The fourth-order valence-electron chi connectivity index (χ4n) is 4.99. The molecule has 1 saturated carbocycles. The molecule has 0 radical (unpaired) electrons. The van der Waals surface area contributed by atoms with Crippen LogP contribution in [0.2, 0.25) is 0 Å². The Bertz CT molecular complexity index is 1390. The lowest BCUT2D eigenvalue weighted by atomic mass is 10.1. The minimum atomic E-state index is -0.251. The molecule has 1 aliphatic carbocycles. The number of imidazole rings is 1. The van der Waals surface area contributed by atoms with Gasteiger partial charge in [-0.25, -0.2) is 9.37 Å². The number of thiazole rings is 1. The number of piperidine rings is 1. The van der Waals surface area contributed by atoms with Crippen LogP contribution in [0.1, 0.15) is 54.4 Å². The smallest absolute Gasteiger partial charge is 0.251 e. The fraction of sp³-hybridized carbons (Fsp3) is 0.429. The molecule has 1 saturated heterocycles. The Balaban J connectivity index is 1.12. The Hall–Kier alpha value is -2.81. The van der Waals surface area contributed by atoms with Crippen LogP contribution in [0.15, 0.2) is 42.6 Å². The van der Waals surface area contributed by atoms with Gasteiger partial charge in [-0.1, -0.05) is 23.8 Å². The number of aromatic nitrogens is 2. The van der Waals surface area contributed by atoms with Crippen molar-refractivity contribution in [2.45, 2.75) is 51.1 Å². The first-order valence-electron chi connectivity index (χ1n) is 13.1. The lowest BCUT2D eigenvalue weighted by Crippen LogP contribution is -2.33. The molecule has 0 spiro atoms. The number of hydrogen-bond donors (Lipinski definition) is 2. The molecule has 0 bridgehead atoms. The monoisotopic (exact) mass is 505 g/mol. The summed E-state index contributed by atoms with van der Waals surface area (Å²) in [5, 5.41) is 6.48. The summed E-state index contributed by atoms with van der Waals surface area (Å²) in [5.41, 5.74) is 3.72. The minimum Gasteiger partial charge on any atom is -0.352 e. The van der Waals surface area contributed by atoms with E-state index in [0.717, 1.165) is 33.7 Å². The SMILES string of the molecule is O=C(NCCCN1CCCCC1)c1ccc2c(c1)sc1nc(-c3ccc(CNC4CC4)cc3F)cn12. The third-order valence-electron chi connectivity index (χ3n) is 7.22. The van der Waals surface area contributed by atoms with Gasteiger partial charge in [0, 0.05) is 36.5 Å². The lowest BCUT2D eigenvalue weighted by molar-refractivity contribution is 0.0951. The molecular formula is C28H32FN5OS. The Morgan fingerprint density at radius 3 is 2.78 bits per heavy atom. The molecule has 6 rings (SSSR count). The quantitative estimate of drug-likeness (QED) is 0.307. The number of halogens is 1. The first kappa shape index (κ1) is 23.6. The summed E-state index contributed by atoms with van der Waals surface area (Å²) in [7, 11) is 0. The number of nitrogens with one attached hydrogen (secondary N) is 2. The average Bonchev–Trinajstić information content (AvgIpc) is 3.54. The Kier molecular flexibility index (Phi) is 6.73. The van der Waals surface area contributed by atoms with E-state index in [2.05, 4.69) is 15.5 Å². The number of amides is 1. The molecule has 2 aromatic heterocycles. The van der Waals surface area contributed by atoms with Crippen molar-refractivity contribution in [3.63, 3.8) is 0 Å². The van der Waals surface area contributed by atoms with Crippen LogP contribution in [0.5, 0.6) is 0 Å². The summed E-state index contributed by atoms with van der Waals surface area (Å²) in [6, 6.07) is 11.7. The van der Waals surface area contributed by atoms with Gasteiger partial charge in [0.2, 0.25) is 0 Å². The van der Waals surface area contributed by atoms with Crippen LogP contribution >= 0.6 is 11.3 Å². The van der Waals surface area contributed by atoms with Gasteiger partial charge in [0.1, 0.15) is 5.82 Å². The molecule has 2 aromatic carbocycles. The molecule has 1 amide bonds. The van der Waals surface area contributed by atoms with Gasteiger partial charge >= 0.3 is 0 Å². The maximum absolute atomic E-state index is 14.9. The van der Waals surface area contributed by atoms with E-state index in [0.29, 0.717) is 36.0 Å². The number of rotatable bonds is 9. The molecule has 8 heteroatoms. The molecule has 36 heavy (non-hydrogen) atoms. The van der Waals surface area contributed by atoms with Gasteiger partial charge < -0.3 is 15.5 Å². The van der Waals surface area contributed by atoms with Gasteiger partial charge in [0.25, 0.3) is 5.91 Å². The minimum absolute atomic E-state index is 0.0411. The highest BCUT2D eigenvalue weighted by Crippen LogP contribution is 2.31. The molecule has 188 valence electrons. The molecule has 6 nitrogen and oxygen atoms in total. The summed E-state index contributed by atoms with van der Waals surface area (Å²) >= 11 is 1.52. The van der Waals surface area contributed by atoms with Gasteiger partial charge in [-0.05, 0) is 87.6 Å². The van der Waals surface area contributed by atoms with E-state index in [4.69, 9.17) is 4.98 Å². The highest BCUT2D eigenvalue weighted by atomic mass is 32.1. The Labute approximate surface area is 214 Å². The number of carbonyl (C=O) groups excluding carboxylic acids is 1. The second-order valence-corrected chi connectivity index (χ2v) is 11.1. The molecule has 4 aromatic rings. The maximum Gasteiger partial charge on any atom is 0.251 e. The predicted octanol–water partition coefficient (Wildman–Crippen LogP) is 5.21. The van der Waals surface area contributed by atoms with Crippen LogP contribution in [-0.4, -0.2) is 52.4 Å². The van der Waals surface area contributed by atoms with Crippen LogP contribution in [0.25, 0.3) is 26.4 Å². The van der Waals surface area contributed by atoms with E-state index in [1.165, 1.54) is 56.5 Å². The third-order valence-corrected chi connectivity index (χ3v) is 8.24. The first-order valence-corrected chi connectivity index (χ1v) is 13.9. The van der Waals surface area contributed by atoms with Gasteiger partial charge in [0.15, 0.2) is 4.96 Å². The van der Waals surface area contributed by atoms with Gasteiger partial charge in [-0.2, -0.15) is 0 Å². The number of carbonyl (C=O) groups is 1. The summed E-state index contributed by atoms with van der Waals surface area (Å²) in [6.45, 7) is 4.79. The van der Waals surface area contributed by atoms with Crippen LogP contribution in [0.4, 0.5) is 4.39 Å². The van der Waals surface area contributed by atoms with Gasteiger partial charge in [-0.15, -0.1) is 0 Å². The zero-order valence-corrected chi connectivity index (χ0v) is 21.2. The number of nitrogens with zero attached hydrogens (tertiary/aromatic N) is 3. The Morgan fingerprint density at radius 1 is 1.11 bits per heavy atom. The molecule has 2 fully saturated rings. The number of hydrogen-bond acceptors (Lipinski definition) is 5. The number of benzene rings is 2. The van der Waals surface area contributed by atoms with E-state index in [1.807, 2.05) is 40.9 Å². The lowest BCUT2D eigenvalue weighted by Gasteiger charge is -2.26. The zero-order valence-electron chi connectivity index (χ0n) is 20.4. The van der Waals surface area contributed by atoms with E-state index < -0.39 is 0 Å². The highest BCUT2D eigenvalue weighted by Gasteiger charge is 2.20.